The third-order valence-electron chi connectivity index (χ3n) is 4.25. The number of rotatable bonds is 7. The first kappa shape index (κ1) is 19.9. The molecule has 1 aromatic heterocycles. The molecule has 0 aliphatic heterocycles. The van der Waals surface area contributed by atoms with Gasteiger partial charge in [0.25, 0.3) is 5.91 Å². The molecule has 0 saturated heterocycles. The first-order valence-electron chi connectivity index (χ1n) is 9.06. The van der Waals surface area contributed by atoms with Crippen LogP contribution in [0, 0.1) is 6.92 Å². The van der Waals surface area contributed by atoms with E-state index in [0.29, 0.717) is 22.8 Å². The molecule has 0 aliphatic rings. The largest absolute Gasteiger partial charge is 0.492 e. The molecule has 7 heteroatoms. The van der Waals surface area contributed by atoms with Crippen LogP contribution < -0.4 is 14.4 Å². The van der Waals surface area contributed by atoms with Crippen molar-refractivity contribution >= 4 is 33.5 Å². The molecule has 0 aliphatic carbocycles. The van der Waals surface area contributed by atoms with Crippen LogP contribution in [0.5, 0.6) is 5.75 Å². The van der Waals surface area contributed by atoms with Gasteiger partial charge in [-0.05, 0) is 43.2 Å². The lowest BCUT2D eigenvalue weighted by Gasteiger charge is -2.13. The van der Waals surface area contributed by atoms with Crippen LogP contribution in [0.15, 0.2) is 51.8 Å². The summed E-state index contributed by atoms with van der Waals surface area (Å²) in [5.41, 5.74) is 2.35. The number of anilines is 1. The molecule has 1 amide bonds. The maximum Gasteiger partial charge on any atom is 0.298 e. The summed E-state index contributed by atoms with van der Waals surface area (Å²) < 4.78 is 26.7. The van der Waals surface area contributed by atoms with Crippen LogP contribution in [-0.4, -0.2) is 30.8 Å². The molecule has 1 N–H and O–H groups in total. The highest BCUT2D eigenvalue weighted by Crippen LogP contribution is 2.27. The quantitative estimate of drug-likeness (QED) is 0.648. The number of carbonyl (C=O) groups excluding carboxylic acids is 1. The molecule has 0 bridgehead atoms. The number of furan rings is 1. The Kier molecular flexibility index (Phi) is 6.04. The Hall–Kier alpha value is -2.80. The molecule has 28 heavy (non-hydrogen) atoms. The first-order valence-corrected chi connectivity index (χ1v) is 10.2. The molecule has 0 saturated carbocycles. The van der Waals surface area contributed by atoms with Crippen LogP contribution in [-0.2, 0) is 11.0 Å². The van der Waals surface area contributed by atoms with Gasteiger partial charge in [-0.3, -0.25) is 9.52 Å². The van der Waals surface area contributed by atoms with E-state index in [9.17, 15) is 9.00 Å². The van der Waals surface area contributed by atoms with Crippen LogP contribution in [0.4, 0.5) is 5.69 Å². The average Bonchev–Trinajstić information content (AvgIpc) is 3.09. The Morgan fingerprint density at radius 2 is 2.00 bits per heavy atom. The Balaban J connectivity index is 1.83. The van der Waals surface area contributed by atoms with Crippen LogP contribution in [0.3, 0.4) is 0 Å². The predicted octanol–water partition coefficient (Wildman–Crippen LogP) is 4.05. The number of benzene rings is 2. The number of nitrogens with zero attached hydrogens (tertiary/aromatic N) is 1. The van der Waals surface area contributed by atoms with Gasteiger partial charge in [0.2, 0.25) is 0 Å². The Labute approximate surface area is 167 Å². The zero-order valence-electron chi connectivity index (χ0n) is 16.4. The summed E-state index contributed by atoms with van der Waals surface area (Å²) in [5, 5.41) is 0.810. The lowest BCUT2D eigenvalue weighted by atomic mass is 10.2. The molecular formula is C21H24N2O4S. The van der Waals surface area contributed by atoms with Crippen molar-refractivity contribution in [3.8, 4) is 5.75 Å². The van der Waals surface area contributed by atoms with Gasteiger partial charge in [-0.1, -0.05) is 19.1 Å². The second-order valence-electron chi connectivity index (χ2n) is 6.68. The average molecular weight is 401 g/mol. The molecule has 1 heterocycles. The Morgan fingerprint density at radius 3 is 2.71 bits per heavy atom. The summed E-state index contributed by atoms with van der Waals surface area (Å²) in [6.07, 6.45) is 0.834. The third kappa shape index (κ3) is 4.20. The van der Waals surface area contributed by atoms with Gasteiger partial charge in [0.1, 0.15) is 16.2 Å². The van der Waals surface area contributed by atoms with Gasteiger partial charge in [0.05, 0.1) is 6.61 Å². The van der Waals surface area contributed by atoms with E-state index < -0.39 is 16.9 Å². The van der Waals surface area contributed by atoms with Gasteiger partial charge in [-0.25, -0.2) is 4.21 Å². The summed E-state index contributed by atoms with van der Waals surface area (Å²) in [7, 11) is 2.10. The van der Waals surface area contributed by atoms with Gasteiger partial charge in [-0.15, -0.1) is 0 Å². The third-order valence-corrected chi connectivity index (χ3v) is 5.52. The minimum atomic E-state index is -1.77. The molecule has 0 radical (unpaired) electrons. The fourth-order valence-electron chi connectivity index (χ4n) is 2.78. The standard InChI is InChI=1S/C21H24N2O4S/c1-5-11-26-17-8-6-7-14(2)20(17)28(25)22-21(24)19-12-15-9-10-16(23(3)4)13-18(15)27-19/h6-10,12-13H,5,11H2,1-4H3,(H,22,24). The number of nitrogens with one attached hydrogen (secondary N) is 1. The maximum absolute atomic E-state index is 12.8. The minimum Gasteiger partial charge on any atom is -0.492 e. The molecule has 3 aromatic rings. The number of amides is 1. The number of hydrogen-bond acceptors (Lipinski definition) is 5. The molecule has 1 atom stereocenters. The highest BCUT2D eigenvalue weighted by molar-refractivity contribution is 7.83. The molecule has 0 fully saturated rings. The van der Waals surface area contributed by atoms with E-state index in [0.717, 1.165) is 23.1 Å². The topological polar surface area (TPSA) is 71.8 Å². The second kappa shape index (κ2) is 8.48. The summed E-state index contributed by atoms with van der Waals surface area (Å²) >= 11 is 0. The van der Waals surface area contributed by atoms with Crippen molar-refractivity contribution in [3.63, 3.8) is 0 Å². The van der Waals surface area contributed by atoms with Crippen molar-refractivity contribution in [1.82, 2.24) is 4.72 Å². The SMILES string of the molecule is CCCOc1cccc(C)c1S(=O)NC(=O)c1cc2ccc(N(C)C)cc2o1. The lowest BCUT2D eigenvalue weighted by molar-refractivity contribution is 0.0958. The van der Waals surface area contributed by atoms with E-state index in [2.05, 4.69) is 4.72 Å². The van der Waals surface area contributed by atoms with Gasteiger partial charge in [-0.2, -0.15) is 0 Å². The maximum atomic E-state index is 12.8. The van der Waals surface area contributed by atoms with Crippen LogP contribution in [0.25, 0.3) is 11.0 Å². The van der Waals surface area contributed by atoms with E-state index >= 15 is 0 Å². The minimum absolute atomic E-state index is 0.115. The second-order valence-corrected chi connectivity index (χ2v) is 7.83. The molecule has 1 unspecified atom stereocenters. The van der Waals surface area contributed by atoms with E-state index in [4.69, 9.17) is 9.15 Å². The predicted molar refractivity (Wildman–Crippen MR) is 111 cm³/mol. The van der Waals surface area contributed by atoms with Crippen molar-refractivity contribution < 1.29 is 18.2 Å². The summed E-state index contributed by atoms with van der Waals surface area (Å²) in [5.74, 6) is 0.0928. The van der Waals surface area contributed by atoms with Crippen LogP contribution in [0.2, 0.25) is 0 Å². The first-order chi connectivity index (χ1) is 13.4. The van der Waals surface area contributed by atoms with Crippen molar-refractivity contribution in [2.24, 2.45) is 0 Å². The molecular weight excluding hydrogens is 376 g/mol. The van der Waals surface area contributed by atoms with Crippen molar-refractivity contribution in [1.29, 1.82) is 0 Å². The van der Waals surface area contributed by atoms with E-state index in [-0.39, 0.29) is 5.76 Å². The molecule has 0 spiro atoms. The molecule has 2 aromatic carbocycles. The Morgan fingerprint density at radius 1 is 1.21 bits per heavy atom. The fourth-order valence-corrected chi connectivity index (χ4v) is 3.83. The Bertz CT molecular complexity index is 1030. The summed E-state index contributed by atoms with van der Waals surface area (Å²) in [6, 6.07) is 12.8. The van der Waals surface area contributed by atoms with Crippen molar-refractivity contribution in [3.05, 3.63) is 53.8 Å². The smallest absolute Gasteiger partial charge is 0.298 e. The zero-order chi connectivity index (χ0) is 20.3. The van der Waals surface area contributed by atoms with E-state index in [1.807, 2.05) is 63.2 Å². The van der Waals surface area contributed by atoms with E-state index in [1.165, 1.54) is 0 Å². The molecule has 3 rings (SSSR count). The van der Waals surface area contributed by atoms with Crippen LogP contribution >= 0.6 is 0 Å². The van der Waals surface area contributed by atoms with Crippen LogP contribution in [0.1, 0.15) is 29.5 Å². The number of ether oxygens (including phenoxy) is 1. The van der Waals surface area contributed by atoms with Gasteiger partial charge in [0.15, 0.2) is 16.7 Å². The highest BCUT2D eigenvalue weighted by atomic mass is 32.2. The van der Waals surface area contributed by atoms with Gasteiger partial charge in [0, 0.05) is 31.2 Å². The monoisotopic (exact) mass is 400 g/mol. The van der Waals surface area contributed by atoms with Crippen molar-refractivity contribution in [2.45, 2.75) is 25.2 Å². The number of carbonyl (C=O) groups is 1. The number of fused-ring (bicyclic) bond motifs is 1. The number of aryl methyl sites for hydroxylation is 1. The highest BCUT2D eigenvalue weighted by Gasteiger charge is 2.20. The summed E-state index contributed by atoms with van der Waals surface area (Å²) in [6.45, 7) is 4.35. The van der Waals surface area contributed by atoms with Gasteiger partial charge < -0.3 is 14.1 Å². The summed E-state index contributed by atoms with van der Waals surface area (Å²) in [4.78, 5) is 15.0. The normalized spacial score (nSPS) is 12.0. The molecule has 6 nitrogen and oxygen atoms in total. The fraction of sp³-hybridized carbons (Fsp3) is 0.286. The lowest BCUT2D eigenvalue weighted by Crippen LogP contribution is -2.26. The van der Waals surface area contributed by atoms with E-state index in [1.54, 1.807) is 12.1 Å². The number of hydrogen-bond donors (Lipinski definition) is 1. The van der Waals surface area contributed by atoms with Gasteiger partial charge >= 0.3 is 0 Å². The molecule has 148 valence electrons. The van der Waals surface area contributed by atoms with Crippen molar-refractivity contribution in [2.75, 3.05) is 25.6 Å². The zero-order valence-corrected chi connectivity index (χ0v) is 17.3.